The van der Waals surface area contributed by atoms with Gasteiger partial charge in [-0.15, -0.1) is 0 Å². The first-order chi connectivity index (χ1) is 20.4. The Morgan fingerprint density at radius 2 is 1.38 bits per heavy atom. The Balaban J connectivity index is 1.83. The zero-order valence-electron chi connectivity index (χ0n) is 26.6. The van der Waals surface area contributed by atoms with Crippen molar-refractivity contribution in [3.63, 3.8) is 0 Å². The molecule has 0 aliphatic carbocycles. The van der Waals surface area contributed by atoms with Crippen LogP contribution in [0.3, 0.4) is 0 Å². The Hall–Kier alpha value is -3.29. The van der Waals surface area contributed by atoms with Crippen molar-refractivity contribution in [3.05, 3.63) is 47.8 Å². The lowest BCUT2D eigenvalue weighted by atomic mass is 10.1. The molecule has 0 unspecified atom stereocenters. The minimum atomic E-state index is -0.709. The van der Waals surface area contributed by atoms with Crippen LogP contribution < -0.4 is 18.8 Å². The number of benzene rings is 1. The fraction of sp³-hybridized carbons (Fsp3) is 0.618. The first-order valence-electron chi connectivity index (χ1n) is 15.7. The third kappa shape index (κ3) is 12.3. The number of imide groups is 1. The Labute approximate surface area is 253 Å². The van der Waals surface area contributed by atoms with Gasteiger partial charge in [0.1, 0.15) is 19.7 Å². The Kier molecular flexibility index (Phi) is 17.1. The van der Waals surface area contributed by atoms with Gasteiger partial charge >= 0.3 is 6.09 Å². The van der Waals surface area contributed by atoms with Crippen molar-refractivity contribution in [2.45, 2.75) is 118 Å². The molecule has 234 valence electrons. The van der Waals surface area contributed by atoms with Crippen molar-refractivity contribution < 1.29 is 33.1 Å². The molecule has 1 aromatic carbocycles. The van der Waals surface area contributed by atoms with Gasteiger partial charge in [0.2, 0.25) is 17.4 Å². The molecule has 0 spiro atoms. The normalized spacial score (nSPS) is 10.8. The molecule has 0 saturated carbocycles. The molecule has 0 atom stereocenters. The summed E-state index contributed by atoms with van der Waals surface area (Å²) in [5.41, 5.74) is 1.51. The van der Waals surface area contributed by atoms with Crippen molar-refractivity contribution in [2.75, 3.05) is 20.8 Å². The summed E-state index contributed by atoms with van der Waals surface area (Å²) in [7, 11) is 3.14. The number of unbranched alkanes of at least 4 members (excludes halogenated alkanes) is 11. The molecule has 2 aromatic rings. The van der Waals surface area contributed by atoms with Gasteiger partial charge in [0.15, 0.2) is 17.7 Å². The van der Waals surface area contributed by atoms with E-state index in [1.54, 1.807) is 26.4 Å². The van der Waals surface area contributed by atoms with Crippen molar-refractivity contribution >= 4 is 12.0 Å². The molecule has 1 aromatic heterocycles. The molecule has 8 heteroatoms. The highest BCUT2D eigenvalue weighted by Gasteiger charge is 2.24. The quantitative estimate of drug-likeness (QED) is 0.110. The Morgan fingerprint density at radius 3 is 1.90 bits per heavy atom. The van der Waals surface area contributed by atoms with Crippen LogP contribution in [0.2, 0.25) is 0 Å². The highest BCUT2D eigenvalue weighted by molar-refractivity contribution is 5.90. The number of carbonyl (C=O) groups excluding carboxylic acids is 2. The van der Waals surface area contributed by atoms with Gasteiger partial charge < -0.3 is 18.9 Å². The van der Waals surface area contributed by atoms with Crippen LogP contribution >= 0.6 is 0 Å². The number of nitrogens with zero attached hydrogens (tertiary/aromatic N) is 2. The lowest BCUT2D eigenvalue weighted by Gasteiger charge is -2.19. The zero-order chi connectivity index (χ0) is 30.6. The molecular formula is C34H53N2O6+. The number of aromatic nitrogens is 1. The average molecular weight is 586 g/mol. The largest absolute Gasteiger partial charge is 0.493 e. The van der Waals surface area contributed by atoms with Gasteiger partial charge in [0.25, 0.3) is 0 Å². The number of pyridine rings is 1. The summed E-state index contributed by atoms with van der Waals surface area (Å²) >= 11 is 0. The molecule has 0 saturated heterocycles. The van der Waals surface area contributed by atoms with Crippen molar-refractivity contribution in [2.24, 2.45) is 0 Å². The lowest BCUT2D eigenvalue weighted by Crippen LogP contribution is -2.43. The fourth-order valence-electron chi connectivity index (χ4n) is 4.93. The highest BCUT2D eigenvalue weighted by Crippen LogP contribution is 2.39. The van der Waals surface area contributed by atoms with Gasteiger partial charge in [0.05, 0.1) is 20.8 Å². The predicted molar refractivity (Wildman–Crippen MR) is 165 cm³/mol. The van der Waals surface area contributed by atoms with Crippen LogP contribution in [0.25, 0.3) is 0 Å². The van der Waals surface area contributed by atoms with Crippen molar-refractivity contribution in [3.8, 4) is 17.2 Å². The van der Waals surface area contributed by atoms with Gasteiger partial charge in [-0.1, -0.05) is 83.6 Å². The second kappa shape index (κ2) is 20.6. The van der Waals surface area contributed by atoms with Crippen LogP contribution in [0.1, 0.15) is 109 Å². The van der Waals surface area contributed by atoms with Crippen LogP contribution in [-0.4, -0.2) is 37.7 Å². The average Bonchev–Trinajstić information content (AvgIpc) is 3.00. The molecule has 0 aliphatic heterocycles. The summed E-state index contributed by atoms with van der Waals surface area (Å²) in [6.45, 7) is 7.00. The molecule has 42 heavy (non-hydrogen) atoms. The third-order valence-electron chi connectivity index (χ3n) is 7.42. The van der Waals surface area contributed by atoms with Crippen molar-refractivity contribution in [1.29, 1.82) is 0 Å². The van der Waals surface area contributed by atoms with E-state index < -0.39 is 6.09 Å². The third-order valence-corrected chi connectivity index (χ3v) is 7.42. The SMILES string of the molecule is CCCCCCCCCCCCCCOc1c(OC)cc(COC(=O)N(Cc2cccc[n+]2CC)C(C)=O)cc1OC. The van der Waals surface area contributed by atoms with Crippen LogP contribution in [0, 0.1) is 0 Å². The van der Waals surface area contributed by atoms with Gasteiger partial charge in [-0.25, -0.2) is 14.3 Å². The molecule has 0 bridgehead atoms. The number of amides is 2. The van der Waals surface area contributed by atoms with Crippen LogP contribution in [0.4, 0.5) is 4.79 Å². The molecule has 0 radical (unpaired) electrons. The van der Waals surface area contributed by atoms with E-state index >= 15 is 0 Å². The van der Waals surface area contributed by atoms with E-state index in [-0.39, 0.29) is 19.1 Å². The summed E-state index contributed by atoms with van der Waals surface area (Å²) in [6, 6.07) is 9.22. The van der Waals surface area contributed by atoms with Gasteiger partial charge in [0, 0.05) is 19.1 Å². The van der Waals surface area contributed by atoms with Crippen LogP contribution in [-0.2, 0) is 29.2 Å². The molecule has 2 amide bonds. The number of hydrogen-bond acceptors (Lipinski definition) is 6. The first kappa shape index (κ1) is 34.9. The number of aryl methyl sites for hydroxylation is 1. The first-order valence-corrected chi connectivity index (χ1v) is 15.7. The molecule has 8 nitrogen and oxygen atoms in total. The fourth-order valence-corrected chi connectivity index (χ4v) is 4.93. The van der Waals surface area contributed by atoms with E-state index in [0.29, 0.717) is 29.4 Å². The summed E-state index contributed by atoms with van der Waals surface area (Å²) < 4.78 is 24.7. The lowest BCUT2D eigenvalue weighted by molar-refractivity contribution is -0.701. The number of rotatable bonds is 21. The molecule has 0 aliphatic rings. The van der Waals surface area contributed by atoms with Gasteiger partial charge in [-0.05, 0) is 31.0 Å². The molecule has 1 heterocycles. The standard InChI is InChI=1S/C34H53N2O6/c1-6-8-9-10-11-12-13-14-15-16-17-20-23-41-33-31(39-4)24-29(25-32(33)40-5)27-42-34(38)36(28(3)37)26-30-21-18-19-22-35(30)7-2/h18-19,21-22,24-25H,6-17,20,23,26-27H2,1-5H3/q+1. The van der Waals surface area contributed by atoms with E-state index in [1.165, 1.54) is 71.1 Å². The second-order valence-corrected chi connectivity index (χ2v) is 10.7. The topological polar surface area (TPSA) is 78.2 Å². The van der Waals surface area contributed by atoms with Crippen LogP contribution in [0.15, 0.2) is 36.5 Å². The van der Waals surface area contributed by atoms with E-state index in [9.17, 15) is 9.59 Å². The zero-order valence-corrected chi connectivity index (χ0v) is 26.6. The van der Waals surface area contributed by atoms with E-state index in [0.717, 1.165) is 30.0 Å². The summed E-state index contributed by atoms with van der Waals surface area (Å²) in [5.74, 6) is 1.17. The number of carbonyl (C=O) groups is 2. The second-order valence-electron chi connectivity index (χ2n) is 10.7. The number of hydrogen-bond donors (Lipinski definition) is 0. The summed E-state index contributed by atoms with van der Waals surface area (Å²) in [5, 5.41) is 0. The number of ether oxygens (including phenoxy) is 4. The van der Waals surface area contributed by atoms with Gasteiger partial charge in [-0.2, -0.15) is 0 Å². The summed E-state index contributed by atoms with van der Waals surface area (Å²) in [6.07, 6.45) is 16.6. The Bertz CT molecular complexity index is 1050. The highest BCUT2D eigenvalue weighted by atomic mass is 16.6. The van der Waals surface area contributed by atoms with E-state index in [2.05, 4.69) is 6.92 Å². The predicted octanol–water partition coefficient (Wildman–Crippen LogP) is 7.78. The smallest absolute Gasteiger partial charge is 0.417 e. The minimum Gasteiger partial charge on any atom is -0.493 e. The maximum absolute atomic E-state index is 12.9. The Morgan fingerprint density at radius 1 is 0.810 bits per heavy atom. The maximum Gasteiger partial charge on any atom is 0.417 e. The molecule has 0 fully saturated rings. The molecule has 0 N–H and O–H groups in total. The van der Waals surface area contributed by atoms with Crippen LogP contribution in [0.5, 0.6) is 17.2 Å². The molecular weight excluding hydrogens is 532 g/mol. The van der Waals surface area contributed by atoms with E-state index in [1.807, 2.05) is 35.9 Å². The van der Waals surface area contributed by atoms with Gasteiger partial charge in [-0.3, -0.25) is 4.79 Å². The van der Waals surface area contributed by atoms with Crippen molar-refractivity contribution in [1.82, 2.24) is 4.90 Å². The molecule has 2 rings (SSSR count). The maximum atomic E-state index is 12.9. The summed E-state index contributed by atoms with van der Waals surface area (Å²) in [4.78, 5) is 26.2. The number of methoxy groups -OCH3 is 2. The van der Waals surface area contributed by atoms with E-state index in [4.69, 9.17) is 18.9 Å². The minimum absolute atomic E-state index is 0.0447. The monoisotopic (exact) mass is 585 g/mol.